The molecule has 0 unspecified atom stereocenters. The summed E-state index contributed by atoms with van der Waals surface area (Å²) in [6.07, 6.45) is 16.1. The van der Waals surface area contributed by atoms with Gasteiger partial charge in [0.05, 0.1) is 63.8 Å². The number of hydrogen-bond donors (Lipinski definition) is 3. The maximum absolute atomic E-state index is 14.7. The van der Waals surface area contributed by atoms with Crippen molar-refractivity contribution in [3.8, 4) is 45.5 Å². The Morgan fingerprint density at radius 1 is 1.01 bits per heavy atom. The number of β-amino-alcohol motifs (C(OH)–C–C–N with tert-alkyl or cyclic N) is 1. The number of fused-ring (bicyclic) bond motifs is 4. The predicted molar refractivity (Wildman–Crippen MR) is 313 cm³/mol. The zero-order valence-electron chi connectivity index (χ0n) is 47.8. The highest BCUT2D eigenvalue weighted by Gasteiger charge is 2.50. The van der Waals surface area contributed by atoms with E-state index in [1.807, 2.05) is 82.9 Å². The Labute approximate surface area is 491 Å². The van der Waals surface area contributed by atoms with Gasteiger partial charge >= 0.3 is 0 Å². The number of piperidine rings is 1. The van der Waals surface area contributed by atoms with Crippen LogP contribution in [-0.4, -0.2) is 112 Å². The number of aliphatic hydroxyl groups excluding tert-OH is 1. The number of hydrogen-bond acceptors (Lipinski definition) is 18. The molecule has 21 heteroatoms. The van der Waals surface area contributed by atoms with E-state index in [-0.39, 0.29) is 42.2 Å². The quantitative estimate of drug-likeness (QED) is 0.0814. The van der Waals surface area contributed by atoms with Crippen LogP contribution >= 0.6 is 22.7 Å². The second-order valence-electron chi connectivity index (χ2n) is 25.3. The van der Waals surface area contributed by atoms with Crippen LogP contribution in [0, 0.1) is 29.1 Å². The van der Waals surface area contributed by atoms with E-state index in [9.17, 15) is 20.0 Å². The molecular weight excluding hydrogens is 1090 g/mol. The number of ether oxygens (including phenoxy) is 2. The number of nitrogens with zero attached hydrogens (tertiary/aromatic N) is 11. The van der Waals surface area contributed by atoms with Gasteiger partial charge in [-0.2, -0.15) is 15.2 Å². The van der Waals surface area contributed by atoms with E-state index in [0.717, 1.165) is 151 Å². The van der Waals surface area contributed by atoms with Gasteiger partial charge in [-0.05, 0) is 144 Å². The first-order valence-corrected chi connectivity index (χ1v) is 31.1. The molecule has 4 aliphatic carbocycles. The van der Waals surface area contributed by atoms with Gasteiger partial charge in [0, 0.05) is 53.7 Å². The van der Waals surface area contributed by atoms with Gasteiger partial charge in [0.2, 0.25) is 23.6 Å². The molecule has 7 aromatic rings. The third-order valence-electron chi connectivity index (χ3n) is 18.3. The van der Waals surface area contributed by atoms with Crippen molar-refractivity contribution in [3.05, 3.63) is 110 Å². The standard InChI is InChI=1S/C62H71N13O6S2/c1-35(37-10-14-40(15-11-37)53-36(2)66-34-82-53)67-58(77)47-25-42(76)30-74(47)59(78)54(60(3,4)5)75-31-46(70-72-75)39-16-22-73(23-17-39)32-61(20-21-61)33-79-49-26-50(80-43-24-41(28-65-29-43)38-12-13-38)69-57(68-49)52-44-8-6-18-62(55(44)81-71-52)19-7-9-48-51(62)45(27-63)56(64)83-48/h10-11,14-15,24,26,28-29,31,34-35,38-39,42,47,54,76H,6-9,12-13,16-23,25,30,32-33,64H2,1-5H3,(H,67,77)/t35-,42+,47-,54+,62-/m0/s1. The second kappa shape index (κ2) is 21.8. The Balaban J connectivity index is 0.669. The van der Waals surface area contributed by atoms with E-state index in [4.69, 9.17) is 34.9 Å². The summed E-state index contributed by atoms with van der Waals surface area (Å²) in [6, 6.07) is 12.4. The van der Waals surface area contributed by atoms with Gasteiger partial charge in [0.25, 0.3) is 0 Å². The van der Waals surface area contributed by atoms with E-state index in [0.29, 0.717) is 52.1 Å². The van der Waals surface area contributed by atoms with E-state index >= 15 is 0 Å². The van der Waals surface area contributed by atoms with Crippen LogP contribution in [0.2, 0.25) is 0 Å². The van der Waals surface area contributed by atoms with Crippen molar-refractivity contribution in [2.24, 2.45) is 10.8 Å². The third-order valence-corrected chi connectivity index (χ3v) is 20.3. The molecule has 1 spiro atoms. The van der Waals surface area contributed by atoms with Crippen LogP contribution < -0.4 is 20.5 Å². The fourth-order valence-corrected chi connectivity index (χ4v) is 15.5. The van der Waals surface area contributed by atoms with Gasteiger partial charge < -0.3 is 40.0 Å². The molecule has 4 fully saturated rings. The third kappa shape index (κ3) is 10.8. The normalized spacial score (nSPS) is 22.2. The first kappa shape index (κ1) is 55.1. The van der Waals surface area contributed by atoms with Crippen LogP contribution in [0.3, 0.4) is 0 Å². The van der Waals surface area contributed by atoms with E-state index in [2.05, 4.69) is 36.6 Å². The summed E-state index contributed by atoms with van der Waals surface area (Å²) in [5.74, 6) is 2.55. The number of thiazole rings is 1. The maximum atomic E-state index is 14.7. The minimum Gasteiger partial charge on any atom is -0.477 e. The van der Waals surface area contributed by atoms with Crippen molar-refractivity contribution in [1.29, 1.82) is 5.26 Å². The molecule has 0 bridgehead atoms. The number of nitrogens with one attached hydrogen (secondary N) is 1. The number of aromatic nitrogens is 8. The van der Waals surface area contributed by atoms with Crippen LogP contribution in [0.1, 0.15) is 172 Å². The molecule has 432 valence electrons. The Morgan fingerprint density at radius 2 is 1.78 bits per heavy atom. The van der Waals surface area contributed by atoms with Crippen LogP contribution in [0.5, 0.6) is 17.5 Å². The summed E-state index contributed by atoms with van der Waals surface area (Å²) >= 11 is 3.12. The zero-order chi connectivity index (χ0) is 57.4. The number of nitrogen functional groups attached to an aromatic ring is 1. The van der Waals surface area contributed by atoms with Crippen molar-refractivity contribution >= 4 is 39.5 Å². The summed E-state index contributed by atoms with van der Waals surface area (Å²) in [5, 5.41) is 38.9. The molecule has 2 saturated heterocycles. The van der Waals surface area contributed by atoms with Gasteiger partial charge in [-0.3, -0.25) is 14.6 Å². The van der Waals surface area contributed by atoms with Crippen molar-refractivity contribution in [2.75, 3.05) is 38.5 Å². The summed E-state index contributed by atoms with van der Waals surface area (Å²) in [7, 11) is 0. The van der Waals surface area contributed by atoms with Crippen molar-refractivity contribution < 1.29 is 28.7 Å². The largest absolute Gasteiger partial charge is 0.477 e. The molecule has 6 aromatic heterocycles. The maximum Gasteiger partial charge on any atom is 0.248 e. The number of pyridine rings is 1. The molecule has 13 rings (SSSR count). The molecule has 2 saturated carbocycles. The monoisotopic (exact) mass is 1160 g/mol. The number of carbonyl (C=O) groups excluding carboxylic acids is 2. The average molecular weight is 1160 g/mol. The molecule has 8 heterocycles. The first-order chi connectivity index (χ1) is 40.0. The van der Waals surface area contributed by atoms with Crippen LogP contribution in [0.4, 0.5) is 5.00 Å². The van der Waals surface area contributed by atoms with Crippen LogP contribution in [0.25, 0.3) is 22.0 Å². The Kier molecular flexibility index (Phi) is 14.5. The summed E-state index contributed by atoms with van der Waals surface area (Å²) in [4.78, 5) is 53.9. The van der Waals surface area contributed by atoms with Crippen LogP contribution in [0.15, 0.2) is 65.0 Å². The molecule has 6 aliphatic rings. The molecule has 2 amide bonds. The Morgan fingerprint density at radius 3 is 2.51 bits per heavy atom. The van der Waals surface area contributed by atoms with Gasteiger partial charge in [-0.1, -0.05) is 55.4 Å². The molecule has 4 N–H and O–H groups in total. The molecule has 83 heavy (non-hydrogen) atoms. The van der Waals surface area contributed by atoms with Gasteiger partial charge in [-0.15, -0.1) is 27.8 Å². The highest BCUT2D eigenvalue weighted by molar-refractivity contribution is 7.16. The lowest BCUT2D eigenvalue weighted by Crippen LogP contribution is -2.50. The number of aliphatic hydroxyl groups is 1. The summed E-state index contributed by atoms with van der Waals surface area (Å²) in [5.41, 5.74) is 15.2. The highest BCUT2D eigenvalue weighted by atomic mass is 32.1. The lowest BCUT2D eigenvalue weighted by Gasteiger charge is -2.39. The highest BCUT2D eigenvalue weighted by Crippen LogP contribution is 2.55. The number of carbonyl (C=O) groups is 2. The fraction of sp³-hybridized carbons (Fsp3) is 0.516. The summed E-state index contributed by atoms with van der Waals surface area (Å²) < 4.78 is 21.2. The number of nitriles is 1. The Bertz CT molecular complexity index is 3610. The SMILES string of the molecule is Cc1ncsc1-c1ccc([C@H](C)NC(=O)[C@@H]2C[C@@H](O)CN2C(=O)[C@@H](n2cc(C3CCN(CC4(COc5cc(Oc6cncc(C7CC7)c6)nc(-c6noc7c6CCC[C@@]76CCCc7sc(N)c(C#N)c76)n5)CC4)CC3)nn2)C(C)(C)C)cc1. The molecule has 19 nitrogen and oxygen atoms in total. The van der Waals surface area contributed by atoms with Crippen molar-refractivity contribution in [2.45, 2.75) is 160 Å². The number of thiophene rings is 1. The average Bonchev–Trinajstić information content (AvgIpc) is 2.64. The fourth-order valence-electron chi connectivity index (χ4n) is 13.6. The predicted octanol–water partition coefficient (Wildman–Crippen LogP) is 10.2. The van der Waals surface area contributed by atoms with Gasteiger partial charge in [0.15, 0.2) is 17.3 Å². The molecule has 5 atom stereocenters. The minimum atomic E-state index is -0.837. The smallest absolute Gasteiger partial charge is 0.248 e. The number of rotatable bonds is 16. The first-order valence-electron chi connectivity index (χ1n) is 29.4. The number of likely N-dealkylation sites (tertiary alicyclic amines) is 2. The Hall–Kier alpha value is -7.12. The van der Waals surface area contributed by atoms with E-state index < -0.39 is 29.0 Å². The van der Waals surface area contributed by atoms with E-state index in [1.54, 1.807) is 28.3 Å². The molecule has 0 radical (unpaired) electrons. The lowest BCUT2D eigenvalue weighted by atomic mass is 9.63. The van der Waals surface area contributed by atoms with E-state index in [1.165, 1.54) is 16.2 Å². The van der Waals surface area contributed by atoms with Gasteiger partial charge in [0.1, 0.15) is 28.9 Å². The molecule has 1 aromatic carbocycles. The minimum absolute atomic E-state index is 0.0486. The number of benzene rings is 1. The zero-order valence-corrected chi connectivity index (χ0v) is 49.4. The lowest BCUT2D eigenvalue weighted by molar-refractivity contribution is -0.144. The summed E-state index contributed by atoms with van der Waals surface area (Å²) in [6.45, 7) is 13.1. The number of nitrogens with two attached hydrogens (primary N) is 1. The van der Waals surface area contributed by atoms with Crippen molar-refractivity contribution in [3.63, 3.8) is 0 Å². The topological polar surface area (TPSA) is 249 Å². The van der Waals surface area contributed by atoms with Gasteiger partial charge in [-0.25, -0.2) is 9.67 Å². The molecular formula is C62H71N13O6S2. The van der Waals surface area contributed by atoms with Crippen LogP contribution in [-0.2, 0) is 27.8 Å². The molecule has 2 aliphatic heterocycles. The van der Waals surface area contributed by atoms with Crippen molar-refractivity contribution in [1.82, 2.24) is 55.2 Å². The number of amides is 2. The number of aryl methyl sites for hydroxylation is 2. The number of anilines is 1. The second-order valence-corrected chi connectivity index (χ2v) is 27.3.